The summed E-state index contributed by atoms with van der Waals surface area (Å²) in [5.74, 6) is 2.99. The van der Waals surface area contributed by atoms with Crippen molar-refractivity contribution in [2.24, 2.45) is 0 Å². The van der Waals surface area contributed by atoms with E-state index in [4.69, 9.17) is 0 Å². The van der Waals surface area contributed by atoms with E-state index in [-0.39, 0.29) is 0 Å². The molecule has 0 fully saturated rings. The lowest BCUT2D eigenvalue weighted by Gasteiger charge is -2.17. The quantitative estimate of drug-likeness (QED) is 0.557. The van der Waals surface area contributed by atoms with Gasteiger partial charge in [-0.25, -0.2) is 4.98 Å². The highest BCUT2D eigenvalue weighted by Crippen LogP contribution is 2.26. The van der Waals surface area contributed by atoms with Gasteiger partial charge in [-0.2, -0.15) is 9.50 Å². The third kappa shape index (κ3) is 3.31. The Kier molecular flexibility index (Phi) is 4.19. The van der Waals surface area contributed by atoms with Crippen LogP contribution in [0.3, 0.4) is 0 Å². The fraction of sp³-hybridized carbons (Fsp3) is 0.250. The smallest absolute Gasteiger partial charge is 0.224 e. The SMILES string of the molecule is CN(C)c1ccc2nnc(CNc3nccc(N4Cc5ccccc5C4)n3)n2n1. The normalized spacial score (nSPS) is 13.0. The minimum Gasteiger partial charge on any atom is -0.361 e. The van der Waals surface area contributed by atoms with Gasteiger partial charge in [0.1, 0.15) is 11.6 Å². The molecule has 0 bridgehead atoms. The van der Waals surface area contributed by atoms with Gasteiger partial charge in [-0.1, -0.05) is 24.3 Å². The van der Waals surface area contributed by atoms with Crippen LogP contribution in [0.2, 0.25) is 0 Å². The molecule has 146 valence electrons. The van der Waals surface area contributed by atoms with Crippen molar-refractivity contribution in [1.29, 1.82) is 0 Å². The topological polar surface area (TPSA) is 87.4 Å². The van der Waals surface area contributed by atoms with Crippen LogP contribution in [0.5, 0.6) is 0 Å². The van der Waals surface area contributed by atoms with Crippen molar-refractivity contribution in [3.63, 3.8) is 0 Å². The van der Waals surface area contributed by atoms with Crippen LogP contribution in [-0.2, 0) is 19.6 Å². The molecule has 0 aliphatic carbocycles. The Bertz CT molecular complexity index is 1140. The van der Waals surface area contributed by atoms with Crippen molar-refractivity contribution in [3.8, 4) is 0 Å². The number of fused-ring (bicyclic) bond motifs is 2. The number of benzene rings is 1. The molecule has 0 saturated heterocycles. The summed E-state index contributed by atoms with van der Waals surface area (Å²) in [6.45, 7) is 2.14. The summed E-state index contributed by atoms with van der Waals surface area (Å²) in [6, 6.07) is 14.3. The second-order valence-electron chi connectivity index (χ2n) is 7.19. The number of nitrogens with zero attached hydrogens (tertiary/aromatic N) is 8. The van der Waals surface area contributed by atoms with Gasteiger partial charge in [0.25, 0.3) is 0 Å². The molecule has 0 unspecified atom stereocenters. The molecule has 0 atom stereocenters. The lowest BCUT2D eigenvalue weighted by atomic mass is 10.1. The highest BCUT2D eigenvalue weighted by Gasteiger charge is 2.20. The zero-order valence-electron chi connectivity index (χ0n) is 16.3. The maximum Gasteiger partial charge on any atom is 0.224 e. The molecule has 9 nitrogen and oxygen atoms in total. The van der Waals surface area contributed by atoms with Gasteiger partial charge >= 0.3 is 0 Å². The summed E-state index contributed by atoms with van der Waals surface area (Å²) in [4.78, 5) is 13.2. The highest BCUT2D eigenvalue weighted by atomic mass is 15.4. The first kappa shape index (κ1) is 17.4. The first-order chi connectivity index (χ1) is 14.2. The number of hydrogen-bond acceptors (Lipinski definition) is 8. The molecule has 5 rings (SSSR count). The summed E-state index contributed by atoms with van der Waals surface area (Å²) in [5, 5.41) is 16.2. The Balaban J connectivity index is 1.33. The van der Waals surface area contributed by atoms with Crippen LogP contribution in [0.15, 0.2) is 48.7 Å². The molecule has 0 amide bonds. The van der Waals surface area contributed by atoms with Crippen LogP contribution < -0.4 is 15.1 Å². The van der Waals surface area contributed by atoms with E-state index >= 15 is 0 Å². The lowest BCUT2D eigenvalue weighted by molar-refractivity contribution is 0.810. The molecule has 1 aliphatic heterocycles. The summed E-state index contributed by atoms with van der Waals surface area (Å²) in [5.41, 5.74) is 3.40. The van der Waals surface area contributed by atoms with Crippen LogP contribution in [0, 0.1) is 0 Å². The van der Waals surface area contributed by atoms with E-state index in [1.165, 1.54) is 11.1 Å². The standard InChI is InChI=1S/C20H21N9/c1-27(2)18-8-7-17-24-25-19(29(17)26-18)11-22-20-21-10-9-16(23-20)28-12-14-5-3-4-6-15(14)13-28/h3-10H,11-13H2,1-2H3,(H,21,22,23). The van der Waals surface area contributed by atoms with Crippen LogP contribution in [0.1, 0.15) is 17.0 Å². The van der Waals surface area contributed by atoms with Crippen molar-refractivity contribution in [1.82, 2.24) is 29.8 Å². The van der Waals surface area contributed by atoms with Crippen LogP contribution in [0.25, 0.3) is 5.65 Å². The largest absolute Gasteiger partial charge is 0.361 e. The molecule has 29 heavy (non-hydrogen) atoms. The Hall–Kier alpha value is -3.75. The molecule has 0 spiro atoms. The van der Waals surface area contributed by atoms with Crippen molar-refractivity contribution in [3.05, 3.63) is 65.6 Å². The average molecular weight is 387 g/mol. The first-order valence-electron chi connectivity index (χ1n) is 9.45. The zero-order valence-corrected chi connectivity index (χ0v) is 16.3. The Morgan fingerprint density at radius 1 is 1.00 bits per heavy atom. The van der Waals surface area contributed by atoms with Gasteiger partial charge in [0.15, 0.2) is 11.5 Å². The van der Waals surface area contributed by atoms with E-state index in [0.717, 1.165) is 24.7 Å². The van der Waals surface area contributed by atoms with E-state index < -0.39 is 0 Å². The second kappa shape index (κ2) is 7.01. The minimum absolute atomic E-state index is 0.425. The molecular weight excluding hydrogens is 366 g/mol. The fourth-order valence-electron chi connectivity index (χ4n) is 3.44. The van der Waals surface area contributed by atoms with Crippen LogP contribution in [-0.4, -0.2) is 43.9 Å². The number of nitrogens with one attached hydrogen (secondary N) is 1. The zero-order chi connectivity index (χ0) is 19.8. The number of aromatic nitrogens is 6. The number of rotatable bonds is 5. The Morgan fingerprint density at radius 2 is 1.79 bits per heavy atom. The molecule has 4 heterocycles. The predicted molar refractivity (Wildman–Crippen MR) is 111 cm³/mol. The molecule has 9 heteroatoms. The maximum absolute atomic E-state index is 4.68. The summed E-state index contributed by atoms with van der Waals surface area (Å²) in [7, 11) is 3.90. The Labute approximate surface area is 168 Å². The minimum atomic E-state index is 0.425. The van der Waals surface area contributed by atoms with E-state index in [0.29, 0.717) is 24.0 Å². The molecule has 1 aliphatic rings. The number of anilines is 3. The van der Waals surface area contributed by atoms with E-state index in [9.17, 15) is 0 Å². The van der Waals surface area contributed by atoms with E-state index in [1.54, 1.807) is 10.7 Å². The summed E-state index contributed by atoms with van der Waals surface area (Å²) in [6.07, 6.45) is 1.78. The van der Waals surface area contributed by atoms with Gasteiger partial charge in [-0.05, 0) is 29.3 Å². The van der Waals surface area contributed by atoms with Gasteiger partial charge in [-0.15, -0.1) is 15.3 Å². The molecule has 0 saturated carbocycles. The van der Waals surface area contributed by atoms with Crippen molar-refractivity contribution < 1.29 is 0 Å². The third-order valence-electron chi connectivity index (χ3n) is 4.98. The van der Waals surface area contributed by atoms with E-state index in [2.05, 4.69) is 59.7 Å². The molecular formula is C20H21N9. The molecule has 4 aromatic rings. The summed E-state index contributed by atoms with van der Waals surface area (Å²) >= 11 is 0. The molecule has 0 radical (unpaired) electrons. The average Bonchev–Trinajstić information content (AvgIpc) is 3.36. The van der Waals surface area contributed by atoms with Crippen molar-refractivity contribution >= 4 is 23.2 Å². The van der Waals surface area contributed by atoms with Gasteiger partial charge in [0.05, 0.1) is 6.54 Å². The lowest BCUT2D eigenvalue weighted by Crippen LogP contribution is -2.17. The maximum atomic E-state index is 4.68. The second-order valence-corrected chi connectivity index (χ2v) is 7.19. The van der Waals surface area contributed by atoms with Gasteiger partial charge in [0, 0.05) is 33.4 Å². The third-order valence-corrected chi connectivity index (χ3v) is 4.98. The first-order valence-corrected chi connectivity index (χ1v) is 9.45. The number of hydrogen-bond donors (Lipinski definition) is 1. The molecule has 3 aromatic heterocycles. The Morgan fingerprint density at radius 3 is 2.55 bits per heavy atom. The van der Waals surface area contributed by atoms with E-state index in [1.807, 2.05) is 37.2 Å². The van der Waals surface area contributed by atoms with Crippen molar-refractivity contribution in [2.45, 2.75) is 19.6 Å². The summed E-state index contributed by atoms with van der Waals surface area (Å²) < 4.78 is 1.74. The molecule has 1 N–H and O–H groups in total. The highest BCUT2D eigenvalue weighted by molar-refractivity contribution is 5.49. The monoisotopic (exact) mass is 387 g/mol. The van der Waals surface area contributed by atoms with Gasteiger partial charge in [-0.3, -0.25) is 0 Å². The fourth-order valence-corrected chi connectivity index (χ4v) is 3.44. The van der Waals surface area contributed by atoms with Crippen LogP contribution in [0.4, 0.5) is 17.6 Å². The molecule has 1 aromatic carbocycles. The van der Waals surface area contributed by atoms with Gasteiger partial charge in [0.2, 0.25) is 5.95 Å². The van der Waals surface area contributed by atoms with Crippen molar-refractivity contribution in [2.75, 3.05) is 29.2 Å². The van der Waals surface area contributed by atoms with Crippen LogP contribution >= 0.6 is 0 Å². The van der Waals surface area contributed by atoms with Gasteiger partial charge < -0.3 is 15.1 Å². The predicted octanol–water partition coefficient (Wildman–Crippen LogP) is 2.11.